The number of rotatable bonds is 6. The number of esters is 1. The second-order valence-electron chi connectivity index (χ2n) is 8.57. The van der Waals surface area contributed by atoms with Crippen LogP contribution in [0.3, 0.4) is 0 Å². The van der Waals surface area contributed by atoms with Crippen LogP contribution in [0.1, 0.15) is 56.8 Å². The third-order valence-electron chi connectivity index (χ3n) is 5.29. The Hall–Kier alpha value is -3.19. The number of carbonyl (C=O) groups excluding carboxylic acids is 5. The third kappa shape index (κ3) is 9.60. The molecule has 1 aromatic rings. The van der Waals surface area contributed by atoms with Crippen LogP contribution in [0.5, 0.6) is 0 Å². The quantitative estimate of drug-likeness (QED) is 0.154. The highest BCUT2D eigenvalue weighted by Gasteiger charge is 2.30. The first kappa shape index (κ1) is 31.0. The highest BCUT2D eigenvalue weighted by Crippen LogP contribution is 2.18. The maximum Gasteiger partial charge on any atom is 0.329 e. The molecular weight excluding hydrogens is 530 g/mol. The predicted molar refractivity (Wildman–Crippen MR) is 145 cm³/mol. The summed E-state index contributed by atoms with van der Waals surface area (Å²) in [5, 5.41) is 7.85. The fourth-order valence-corrected chi connectivity index (χ4v) is 4.35. The Kier molecular flexibility index (Phi) is 12.5. The van der Waals surface area contributed by atoms with Crippen LogP contribution in [-0.4, -0.2) is 62.9 Å². The van der Waals surface area contributed by atoms with Crippen molar-refractivity contribution in [3.63, 3.8) is 0 Å². The summed E-state index contributed by atoms with van der Waals surface area (Å²) in [6, 6.07) is -1.04. The van der Waals surface area contributed by atoms with Gasteiger partial charge >= 0.3 is 5.97 Å². The van der Waals surface area contributed by atoms with E-state index in [9.17, 15) is 24.0 Å². The summed E-state index contributed by atoms with van der Waals surface area (Å²) >= 11 is 2.53. The standard InChI is InChI=1S/C25H33N5O6S2/c1-6-17-23(33)30-21(14(2)3)25(35)36-16(9-7-8-10-38-15(4)31)11-20(32)26-12-18-19(37-5)13-27-22(28-18)24(34)29-17/h6-7,9,13-14,16,21H,8,10-12H2,1-5H3,(H,26,32)(H,29,34)(H,30,33)/b9-7+,17-6+/t16-,21+/m1/s1. The van der Waals surface area contributed by atoms with Gasteiger partial charge in [-0.3, -0.25) is 19.2 Å². The van der Waals surface area contributed by atoms with Gasteiger partial charge in [-0.15, -0.1) is 11.8 Å². The first-order valence-corrected chi connectivity index (χ1v) is 14.2. The minimum absolute atomic E-state index is 0.00129. The van der Waals surface area contributed by atoms with E-state index in [1.165, 1.54) is 42.7 Å². The maximum absolute atomic E-state index is 13.1. The van der Waals surface area contributed by atoms with Crippen molar-refractivity contribution >= 4 is 52.3 Å². The van der Waals surface area contributed by atoms with Gasteiger partial charge in [-0.25, -0.2) is 14.8 Å². The molecule has 11 nitrogen and oxygen atoms in total. The number of thioether (sulfide) groups is 2. The van der Waals surface area contributed by atoms with Crippen molar-refractivity contribution in [1.29, 1.82) is 0 Å². The zero-order chi connectivity index (χ0) is 28.2. The van der Waals surface area contributed by atoms with Crippen molar-refractivity contribution in [2.24, 2.45) is 5.92 Å². The van der Waals surface area contributed by atoms with E-state index in [4.69, 9.17) is 4.74 Å². The molecule has 206 valence electrons. The van der Waals surface area contributed by atoms with Crippen molar-refractivity contribution in [2.75, 3.05) is 12.0 Å². The molecule has 38 heavy (non-hydrogen) atoms. The molecule has 0 radical (unpaired) electrons. The summed E-state index contributed by atoms with van der Waals surface area (Å²) in [5.41, 5.74) is 0.349. The van der Waals surface area contributed by atoms with E-state index in [0.717, 1.165) is 0 Å². The summed E-state index contributed by atoms with van der Waals surface area (Å²) < 4.78 is 5.64. The molecule has 0 aromatic carbocycles. The Morgan fingerprint density at radius 2 is 1.97 bits per heavy atom. The highest BCUT2D eigenvalue weighted by molar-refractivity contribution is 8.13. The molecule has 2 rings (SSSR count). The molecule has 1 aliphatic rings. The van der Waals surface area contributed by atoms with Gasteiger partial charge in [-0.1, -0.05) is 37.8 Å². The zero-order valence-electron chi connectivity index (χ0n) is 22.0. The number of nitrogens with one attached hydrogen (secondary N) is 3. The molecule has 3 amide bonds. The van der Waals surface area contributed by atoms with E-state index in [0.29, 0.717) is 22.8 Å². The molecular formula is C25H33N5O6S2. The van der Waals surface area contributed by atoms with E-state index in [2.05, 4.69) is 25.9 Å². The molecule has 0 unspecified atom stereocenters. The number of aromatic nitrogens is 2. The molecule has 0 saturated carbocycles. The summed E-state index contributed by atoms with van der Waals surface area (Å²) in [6.07, 6.45) is 7.51. The van der Waals surface area contributed by atoms with Crippen LogP contribution in [0.15, 0.2) is 35.0 Å². The van der Waals surface area contributed by atoms with Gasteiger partial charge in [-0.2, -0.15) is 0 Å². The molecule has 2 atom stereocenters. The average Bonchev–Trinajstić information content (AvgIpc) is 2.87. The number of allylic oxidation sites excluding steroid dienone is 2. The van der Waals surface area contributed by atoms with Gasteiger partial charge in [0.1, 0.15) is 17.8 Å². The van der Waals surface area contributed by atoms with Gasteiger partial charge in [0.25, 0.3) is 11.8 Å². The second-order valence-corrected chi connectivity index (χ2v) is 10.7. The number of hydrogen-bond acceptors (Lipinski definition) is 10. The molecule has 13 heteroatoms. The zero-order valence-corrected chi connectivity index (χ0v) is 23.7. The Morgan fingerprint density at radius 1 is 1.24 bits per heavy atom. The van der Waals surface area contributed by atoms with Gasteiger partial charge < -0.3 is 20.7 Å². The molecule has 3 N–H and O–H groups in total. The van der Waals surface area contributed by atoms with E-state index < -0.39 is 35.8 Å². The van der Waals surface area contributed by atoms with Crippen molar-refractivity contribution in [2.45, 2.75) is 64.1 Å². The maximum atomic E-state index is 13.1. The lowest BCUT2D eigenvalue weighted by Gasteiger charge is -2.24. The number of carbonyl (C=O) groups is 5. The van der Waals surface area contributed by atoms with Crippen molar-refractivity contribution < 1.29 is 28.7 Å². The van der Waals surface area contributed by atoms with E-state index in [1.807, 2.05) is 6.26 Å². The highest BCUT2D eigenvalue weighted by atomic mass is 32.2. The van der Waals surface area contributed by atoms with Crippen molar-refractivity contribution in [3.8, 4) is 0 Å². The van der Waals surface area contributed by atoms with Crippen LogP contribution in [0, 0.1) is 5.92 Å². The molecule has 1 aromatic heterocycles. The third-order valence-corrected chi connectivity index (χ3v) is 6.92. The van der Waals surface area contributed by atoms with Crippen LogP contribution < -0.4 is 16.0 Å². The van der Waals surface area contributed by atoms with Gasteiger partial charge in [0, 0.05) is 23.8 Å². The topological polar surface area (TPSA) is 156 Å². The van der Waals surface area contributed by atoms with Crippen LogP contribution in [0.4, 0.5) is 0 Å². The lowest BCUT2D eigenvalue weighted by Crippen LogP contribution is -2.48. The molecule has 0 fully saturated rings. The molecule has 2 bridgehead atoms. The van der Waals surface area contributed by atoms with E-state index >= 15 is 0 Å². The molecule has 1 aliphatic heterocycles. The number of fused-ring (bicyclic) bond motifs is 2. The number of ether oxygens (including phenoxy) is 1. The molecule has 0 spiro atoms. The first-order chi connectivity index (χ1) is 18.0. The lowest BCUT2D eigenvalue weighted by molar-refractivity contribution is -0.153. The summed E-state index contributed by atoms with van der Waals surface area (Å²) in [7, 11) is 0. The van der Waals surface area contributed by atoms with Gasteiger partial charge in [0.05, 0.1) is 18.7 Å². The normalized spacial score (nSPS) is 20.7. The van der Waals surface area contributed by atoms with Gasteiger partial charge in [-0.05, 0) is 31.6 Å². The summed E-state index contributed by atoms with van der Waals surface area (Å²) in [6.45, 7) is 6.54. The van der Waals surface area contributed by atoms with Crippen molar-refractivity contribution in [3.05, 3.63) is 41.6 Å². The summed E-state index contributed by atoms with van der Waals surface area (Å²) in [4.78, 5) is 71.8. The lowest BCUT2D eigenvalue weighted by atomic mass is 10.0. The van der Waals surface area contributed by atoms with Crippen LogP contribution >= 0.6 is 23.5 Å². The van der Waals surface area contributed by atoms with Gasteiger partial charge in [0.15, 0.2) is 5.12 Å². The Bertz CT molecular complexity index is 1120. The Labute approximate surface area is 230 Å². The van der Waals surface area contributed by atoms with Gasteiger partial charge in [0.2, 0.25) is 11.7 Å². The Balaban J connectivity index is 2.40. The Morgan fingerprint density at radius 3 is 2.61 bits per heavy atom. The first-order valence-electron chi connectivity index (χ1n) is 12.0. The smallest absolute Gasteiger partial charge is 0.329 e. The number of cyclic esters (lactones) is 1. The number of hydrogen-bond donors (Lipinski definition) is 3. The van der Waals surface area contributed by atoms with Crippen LogP contribution in [0.25, 0.3) is 0 Å². The van der Waals surface area contributed by atoms with E-state index in [1.54, 1.807) is 32.9 Å². The van der Waals surface area contributed by atoms with Crippen LogP contribution in [-0.2, 0) is 30.5 Å². The number of amides is 3. The molecule has 0 saturated heterocycles. The minimum Gasteiger partial charge on any atom is -0.456 e. The fraction of sp³-hybridized carbons (Fsp3) is 0.480. The minimum atomic E-state index is -1.04. The second kappa shape index (κ2) is 15.3. The predicted octanol–water partition coefficient (Wildman–Crippen LogP) is 2.13. The summed E-state index contributed by atoms with van der Waals surface area (Å²) in [5.74, 6) is -2.50. The van der Waals surface area contributed by atoms with E-state index in [-0.39, 0.29) is 35.5 Å². The van der Waals surface area contributed by atoms with Crippen molar-refractivity contribution in [1.82, 2.24) is 25.9 Å². The molecule has 0 aliphatic carbocycles. The average molecular weight is 564 g/mol. The SMILES string of the molecule is C/C=C1/NC(=O)c2ncc(SC)c(n2)CNC(=O)C[C@@H](/C=C/CCSC(C)=O)OC(=O)[C@H](C(C)C)NC1=O. The number of nitrogens with zero attached hydrogens (tertiary/aromatic N) is 2. The largest absolute Gasteiger partial charge is 0.456 e. The monoisotopic (exact) mass is 563 g/mol. The fourth-order valence-electron chi connectivity index (χ4n) is 3.30. The molecule has 2 heterocycles. The van der Waals surface area contributed by atoms with Crippen LogP contribution in [0.2, 0.25) is 0 Å².